The Morgan fingerprint density at radius 3 is 2.27 bits per heavy atom. The van der Waals surface area contributed by atoms with Crippen LogP contribution in [0, 0.1) is 23.7 Å². The van der Waals surface area contributed by atoms with Crippen molar-refractivity contribution in [2.45, 2.75) is 53.3 Å². The molecule has 1 fully saturated rings. The molecule has 0 N–H and O–H groups in total. The maximum Gasteiger partial charge on any atom is 0.416 e. The molecule has 0 aromatic carbocycles. The third kappa shape index (κ3) is 5.11. The molecule has 1 aliphatic rings. The lowest BCUT2D eigenvalue weighted by atomic mass is 9.79. The summed E-state index contributed by atoms with van der Waals surface area (Å²) in [5, 5.41) is 0. The Labute approximate surface area is 151 Å². The van der Waals surface area contributed by atoms with Crippen molar-refractivity contribution in [3.8, 4) is 0 Å². The van der Waals surface area contributed by atoms with Crippen molar-refractivity contribution >= 4 is 18.0 Å². The van der Waals surface area contributed by atoms with Gasteiger partial charge in [0, 0.05) is 0 Å². The van der Waals surface area contributed by atoms with Crippen LogP contribution in [0.4, 0.5) is 18.0 Å². The predicted octanol–water partition coefficient (Wildman–Crippen LogP) is 3.39. The summed E-state index contributed by atoms with van der Waals surface area (Å²) in [5.41, 5.74) is 0. The third-order valence-corrected chi connectivity index (χ3v) is 4.46. The van der Waals surface area contributed by atoms with Crippen LogP contribution < -0.4 is 0 Å². The van der Waals surface area contributed by atoms with Crippen LogP contribution >= 0.6 is 0 Å². The molecule has 0 bridgehead atoms. The van der Waals surface area contributed by atoms with E-state index in [1.807, 2.05) is 0 Å². The van der Waals surface area contributed by atoms with Crippen LogP contribution in [0.5, 0.6) is 0 Å². The van der Waals surface area contributed by atoms with Crippen molar-refractivity contribution in [2.75, 3.05) is 13.2 Å². The van der Waals surface area contributed by atoms with Gasteiger partial charge in [0.15, 0.2) is 0 Å². The fraction of sp³-hybridized carbons (Fsp3) is 0.824. The second kappa shape index (κ2) is 8.73. The molecule has 2 amide bonds. The molecule has 0 unspecified atom stereocenters. The normalized spacial score (nSPS) is 20.3. The minimum Gasteiger partial charge on any atom is -0.466 e. The first kappa shape index (κ1) is 22.2. The van der Waals surface area contributed by atoms with Crippen LogP contribution in [0.1, 0.15) is 41.0 Å². The fourth-order valence-electron chi connectivity index (χ4n) is 3.11. The van der Waals surface area contributed by atoms with Crippen molar-refractivity contribution in [1.29, 1.82) is 0 Å². The van der Waals surface area contributed by atoms with Crippen LogP contribution in [0.15, 0.2) is 0 Å². The average molecular weight is 381 g/mol. The molecule has 0 aromatic heterocycles. The second-order valence-corrected chi connectivity index (χ2v) is 7.02. The molecule has 1 rings (SSSR count). The molecule has 0 saturated carbocycles. The summed E-state index contributed by atoms with van der Waals surface area (Å²) in [6.07, 6.45) is -6.72. The fourth-order valence-corrected chi connectivity index (χ4v) is 3.11. The van der Waals surface area contributed by atoms with E-state index in [4.69, 9.17) is 4.74 Å². The number of esters is 1. The molecule has 26 heavy (non-hydrogen) atoms. The minimum absolute atomic E-state index is 0.0540. The molecular formula is C17H26F3NO5. The number of ether oxygens (including phenoxy) is 2. The molecule has 9 heteroatoms. The van der Waals surface area contributed by atoms with Gasteiger partial charge in [0.25, 0.3) is 0 Å². The lowest BCUT2D eigenvalue weighted by Gasteiger charge is -2.34. The molecular weight excluding hydrogens is 355 g/mol. The largest absolute Gasteiger partial charge is 0.466 e. The van der Waals surface area contributed by atoms with Gasteiger partial charge in [-0.15, -0.1) is 0 Å². The van der Waals surface area contributed by atoms with Gasteiger partial charge in [-0.05, 0) is 18.8 Å². The van der Waals surface area contributed by atoms with Crippen molar-refractivity contribution in [3.05, 3.63) is 0 Å². The molecule has 1 aliphatic heterocycles. The van der Waals surface area contributed by atoms with Crippen LogP contribution in [0.3, 0.4) is 0 Å². The van der Waals surface area contributed by atoms with Crippen molar-refractivity contribution < 1.29 is 37.0 Å². The highest BCUT2D eigenvalue weighted by Crippen LogP contribution is 2.40. The van der Waals surface area contributed by atoms with Gasteiger partial charge in [-0.1, -0.05) is 27.7 Å². The molecule has 0 spiro atoms. The zero-order valence-corrected chi connectivity index (χ0v) is 15.6. The highest BCUT2D eigenvalue weighted by Gasteiger charge is 2.53. The first-order valence-corrected chi connectivity index (χ1v) is 8.63. The van der Waals surface area contributed by atoms with Gasteiger partial charge in [-0.25, -0.2) is 9.69 Å². The number of rotatable bonds is 7. The number of amides is 2. The first-order valence-electron chi connectivity index (χ1n) is 8.63. The minimum atomic E-state index is -4.80. The van der Waals surface area contributed by atoms with Crippen LogP contribution in [-0.2, 0) is 19.1 Å². The van der Waals surface area contributed by atoms with E-state index in [1.54, 1.807) is 13.8 Å². The van der Waals surface area contributed by atoms with Gasteiger partial charge in [0.05, 0.1) is 30.9 Å². The SMILES string of the molecule is CCOC(=O)C[C@@H]([C@@H](C(=O)N1C(=O)OC[C@@H]1C(C)C)C(C)C)C(F)(F)F. The number of carbonyl (C=O) groups excluding carboxylic acids is 3. The topological polar surface area (TPSA) is 72.9 Å². The maximum atomic E-state index is 13.6. The third-order valence-electron chi connectivity index (χ3n) is 4.46. The maximum absolute atomic E-state index is 13.6. The Morgan fingerprint density at radius 2 is 1.85 bits per heavy atom. The molecule has 6 nitrogen and oxygen atoms in total. The lowest BCUT2D eigenvalue weighted by Crippen LogP contribution is -2.50. The van der Waals surface area contributed by atoms with Crippen molar-refractivity contribution in [3.63, 3.8) is 0 Å². The van der Waals surface area contributed by atoms with E-state index in [9.17, 15) is 27.6 Å². The van der Waals surface area contributed by atoms with Gasteiger partial charge >= 0.3 is 18.2 Å². The van der Waals surface area contributed by atoms with E-state index < -0.39 is 54.4 Å². The summed E-state index contributed by atoms with van der Waals surface area (Å²) in [5.74, 6) is -6.75. The van der Waals surface area contributed by atoms with E-state index in [0.29, 0.717) is 0 Å². The average Bonchev–Trinajstić information content (AvgIpc) is 2.87. The molecule has 0 radical (unpaired) electrons. The Hall–Kier alpha value is -1.80. The van der Waals surface area contributed by atoms with Crippen LogP contribution in [-0.4, -0.2) is 48.3 Å². The number of carbonyl (C=O) groups is 3. The standard InChI is InChI=1S/C17H26F3NO5/c1-6-25-13(22)7-11(17(18,19)20)14(10(4)5)15(23)21-12(9(2)3)8-26-16(21)24/h9-12,14H,6-8H2,1-5H3/t11-,12+,14-/m0/s1. The van der Waals surface area contributed by atoms with Crippen LogP contribution in [0.25, 0.3) is 0 Å². The van der Waals surface area contributed by atoms with Gasteiger partial charge in [0.1, 0.15) is 6.61 Å². The van der Waals surface area contributed by atoms with Gasteiger partial charge in [-0.2, -0.15) is 13.2 Å². The Bertz CT molecular complexity index is 533. The molecule has 3 atom stereocenters. The Morgan fingerprint density at radius 1 is 1.27 bits per heavy atom. The number of hydrogen-bond donors (Lipinski definition) is 0. The Balaban J connectivity index is 3.22. The predicted molar refractivity (Wildman–Crippen MR) is 85.9 cm³/mol. The van der Waals surface area contributed by atoms with Crippen molar-refractivity contribution in [1.82, 2.24) is 4.90 Å². The van der Waals surface area contributed by atoms with Crippen LogP contribution in [0.2, 0.25) is 0 Å². The number of halogens is 3. The zero-order chi connectivity index (χ0) is 20.2. The quantitative estimate of drug-likeness (QED) is 0.632. The monoisotopic (exact) mass is 381 g/mol. The van der Waals surface area contributed by atoms with Gasteiger partial charge in [-0.3, -0.25) is 9.59 Å². The summed E-state index contributed by atoms with van der Waals surface area (Å²) >= 11 is 0. The molecule has 1 saturated heterocycles. The van der Waals surface area contributed by atoms with E-state index >= 15 is 0 Å². The van der Waals surface area contributed by atoms with E-state index in [2.05, 4.69) is 4.74 Å². The first-order chi connectivity index (χ1) is 11.9. The summed E-state index contributed by atoms with van der Waals surface area (Å²) in [7, 11) is 0. The number of imide groups is 1. The summed E-state index contributed by atoms with van der Waals surface area (Å²) in [6, 6.07) is -0.632. The van der Waals surface area contributed by atoms with Gasteiger partial charge < -0.3 is 9.47 Å². The number of cyclic esters (lactones) is 1. The smallest absolute Gasteiger partial charge is 0.416 e. The molecule has 0 aliphatic carbocycles. The zero-order valence-electron chi connectivity index (χ0n) is 15.6. The lowest BCUT2D eigenvalue weighted by molar-refractivity contribution is -0.203. The van der Waals surface area contributed by atoms with E-state index in [-0.39, 0.29) is 19.1 Å². The number of nitrogens with zero attached hydrogens (tertiary/aromatic N) is 1. The van der Waals surface area contributed by atoms with E-state index in [1.165, 1.54) is 20.8 Å². The second-order valence-electron chi connectivity index (χ2n) is 7.02. The molecule has 0 aromatic rings. The summed E-state index contributed by atoms with van der Waals surface area (Å²) in [6.45, 7) is 7.78. The van der Waals surface area contributed by atoms with E-state index in [0.717, 1.165) is 4.90 Å². The number of alkyl halides is 3. The van der Waals surface area contributed by atoms with Gasteiger partial charge in [0.2, 0.25) is 5.91 Å². The molecule has 150 valence electrons. The van der Waals surface area contributed by atoms with Crippen molar-refractivity contribution in [2.24, 2.45) is 23.7 Å². The highest BCUT2D eigenvalue weighted by molar-refractivity contribution is 5.95. The number of hydrogen-bond acceptors (Lipinski definition) is 5. The molecule has 1 heterocycles. The highest BCUT2D eigenvalue weighted by atomic mass is 19.4. The summed E-state index contributed by atoms with van der Waals surface area (Å²) < 4.78 is 50.4. The summed E-state index contributed by atoms with van der Waals surface area (Å²) in [4.78, 5) is 37.3. The Kier molecular flexibility index (Phi) is 7.46.